The number of benzene rings is 2. The first-order valence-corrected chi connectivity index (χ1v) is 10.2. The Morgan fingerprint density at radius 2 is 1.90 bits per heavy atom. The van der Waals surface area contributed by atoms with Crippen LogP contribution in [0.25, 0.3) is 6.08 Å². The lowest BCUT2D eigenvalue weighted by Gasteiger charge is -2.22. The van der Waals surface area contributed by atoms with Gasteiger partial charge < -0.3 is 10.4 Å². The number of nitrogens with one attached hydrogen (secondary N) is 1. The van der Waals surface area contributed by atoms with Gasteiger partial charge in [0.1, 0.15) is 21.9 Å². The quantitative estimate of drug-likeness (QED) is 0.543. The molecule has 1 fully saturated rings. The van der Waals surface area contributed by atoms with E-state index < -0.39 is 6.04 Å². The van der Waals surface area contributed by atoms with E-state index in [-0.39, 0.29) is 23.4 Å². The number of carbonyl (C=O) groups is 2. The molecular weight excluding hydrogens is 411 g/mol. The molecule has 1 aliphatic rings. The van der Waals surface area contributed by atoms with Crippen molar-refractivity contribution in [1.82, 2.24) is 10.2 Å². The van der Waals surface area contributed by atoms with Crippen LogP contribution in [0.15, 0.2) is 53.4 Å². The summed E-state index contributed by atoms with van der Waals surface area (Å²) < 4.78 is 13.4. The molecule has 150 valence electrons. The molecule has 0 bridgehead atoms. The van der Waals surface area contributed by atoms with Crippen LogP contribution >= 0.6 is 24.0 Å². The molecule has 29 heavy (non-hydrogen) atoms. The molecule has 3 rings (SSSR count). The normalized spacial score (nSPS) is 16.3. The molecule has 0 aliphatic carbocycles. The predicted molar refractivity (Wildman–Crippen MR) is 116 cm³/mol. The molecule has 1 atom stereocenters. The van der Waals surface area contributed by atoms with Gasteiger partial charge in [0.15, 0.2) is 0 Å². The van der Waals surface area contributed by atoms with Crippen molar-refractivity contribution in [3.05, 3.63) is 70.4 Å². The van der Waals surface area contributed by atoms with Gasteiger partial charge in [-0.05, 0) is 54.8 Å². The van der Waals surface area contributed by atoms with Gasteiger partial charge in [0.05, 0.1) is 4.91 Å². The van der Waals surface area contributed by atoms with Crippen LogP contribution in [0.1, 0.15) is 18.1 Å². The van der Waals surface area contributed by atoms with Gasteiger partial charge in [-0.25, -0.2) is 4.39 Å². The number of halogens is 1. The standard InChI is InChI=1S/C21H19FN2O3S2/c1-13(19(26)23-11-10-14-4-8-17(25)9-5-14)24-20(27)18(29-21(24)28)12-15-2-6-16(22)7-3-15/h2-9,12-13,25H,10-11H2,1H3,(H,23,26)/b18-12-/t13-/m0/s1. The Balaban J connectivity index is 1.60. The minimum atomic E-state index is -0.749. The maximum atomic E-state index is 13.0. The summed E-state index contributed by atoms with van der Waals surface area (Å²) in [6.45, 7) is 2.02. The smallest absolute Gasteiger partial charge is 0.266 e. The van der Waals surface area contributed by atoms with E-state index in [0.29, 0.717) is 27.8 Å². The van der Waals surface area contributed by atoms with E-state index in [1.165, 1.54) is 17.0 Å². The number of amides is 2. The van der Waals surface area contributed by atoms with Gasteiger partial charge >= 0.3 is 0 Å². The van der Waals surface area contributed by atoms with Crippen molar-refractivity contribution in [3.8, 4) is 5.75 Å². The topological polar surface area (TPSA) is 69.6 Å². The first kappa shape index (κ1) is 21.0. The average molecular weight is 431 g/mol. The van der Waals surface area contributed by atoms with Gasteiger partial charge in [-0.1, -0.05) is 48.2 Å². The summed E-state index contributed by atoms with van der Waals surface area (Å²) in [7, 11) is 0. The molecule has 8 heteroatoms. The molecule has 1 saturated heterocycles. The number of thioether (sulfide) groups is 1. The zero-order valence-corrected chi connectivity index (χ0v) is 17.2. The number of thiocarbonyl (C=S) groups is 1. The highest BCUT2D eigenvalue weighted by molar-refractivity contribution is 8.26. The molecule has 1 aliphatic heterocycles. The number of phenols is 1. The molecule has 2 amide bonds. The fourth-order valence-corrected chi connectivity index (χ4v) is 4.20. The lowest BCUT2D eigenvalue weighted by Crippen LogP contribution is -2.47. The Kier molecular flexibility index (Phi) is 6.66. The maximum Gasteiger partial charge on any atom is 0.266 e. The Morgan fingerprint density at radius 3 is 2.55 bits per heavy atom. The number of carbonyl (C=O) groups excluding carboxylic acids is 2. The van der Waals surface area contributed by atoms with Crippen LogP contribution < -0.4 is 5.32 Å². The van der Waals surface area contributed by atoms with Gasteiger partial charge in [-0.15, -0.1) is 0 Å². The second kappa shape index (κ2) is 9.19. The van der Waals surface area contributed by atoms with Gasteiger partial charge in [0.2, 0.25) is 5.91 Å². The number of nitrogens with zero attached hydrogens (tertiary/aromatic N) is 1. The summed E-state index contributed by atoms with van der Waals surface area (Å²) in [4.78, 5) is 26.9. The van der Waals surface area contributed by atoms with Crippen molar-refractivity contribution in [2.24, 2.45) is 0 Å². The SMILES string of the molecule is C[C@@H](C(=O)NCCc1ccc(O)cc1)N1C(=O)/C(=C/c2ccc(F)cc2)SC1=S. The molecule has 2 N–H and O–H groups in total. The molecule has 5 nitrogen and oxygen atoms in total. The second-order valence-electron chi connectivity index (χ2n) is 6.49. The van der Waals surface area contributed by atoms with E-state index in [9.17, 15) is 19.1 Å². The van der Waals surface area contributed by atoms with Crippen LogP contribution in [0.2, 0.25) is 0 Å². The third kappa shape index (κ3) is 5.21. The molecule has 2 aromatic carbocycles. The van der Waals surface area contributed by atoms with Gasteiger partial charge in [-0.2, -0.15) is 0 Å². The van der Waals surface area contributed by atoms with Crippen molar-refractivity contribution in [3.63, 3.8) is 0 Å². The van der Waals surface area contributed by atoms with E-state index in [2.05, 4.69) is 5.32 Å². The number of hydrogen-bond acceptors (Lipinski definition) is 5. The summed E-state index contributed by atoms with van der Waals surface area (Å²) >= 11 is 6.41. The van der Waals surface area contributed by atoms with E-state index in [4.69, 9.17) is 12.2 Å². The van der Waals surface area contributed by atoms with Crippen molar-refractivity contribution in [2.75, 3.05) is 6.54 Å². The van der Waals surface area contributed by atoms with Crippen LogP contribution in [0.5, 0.6) is 5.75 Å². The average Bonchev–Trinajstić information content (AvgIpc) is 2.97. The fourth-order valence-electron chi connectivity index (χ4n) is 2.78. The lowest BCUT2D eigenvalue weighted by atomic mass is 10.1. The minimum absolute atomic E-state index is 0.189. The molecule has 0 saturated carbocycles. The largest absolute Gasteiger partial charge is 0.508 e. The van der Waals surface area contributed by atoms with Crippen LogP contribution in [-0.4, -0.2) is 38.7 Å². The monoisotopic (exact) mass is 430 g/mol. The van der Waals surface area contributed by atoms with Crippen LogP contribution in [0.4, 0.5) is 4.39 Å². The third-order valence-electron chi connectivity index (χ3n) is 4.41. The Labute approximate surface area is 177 Å². The summed E-state index contributed by atoms with van der Waals surface area (Å²) in [5.41, 5.74) is 1.65. The van der Waals surface area contributed by atoms with Crippen molar-refractivity contribution in [2.45, 2.75) is 19.4 Å². The van der Waals surface area contributed by atoms with Crippen LogP contribution in [0, 0.1) is 5.82 Å². The Morgan fingerprint density at radius 1 is 1.24 bits per heavy atom. The van der Waals surface area contributed by atoms with Gasteiger partial charge in [-0.3, -0.25) is 14.5 Å². The summed E-state index contributed by atoms with van der Waals surface area (Å²) in [6, 6.07) is 11.8. The first-order chi connectivity index (χ1) is 13.8. The van der Waals surface area contributed by atoms with E-state index in [0.717, 1.165) is 17.3 Å². The van der Waals surface area contributed by atoms with E-state index >= 15 is 0 Å². The highest BCUT2D eigenvalue weighted by atomic mass is 32.2. The molecule has 1 heterocycles. The zero-order chi connectivity index (χ0) is 21.0. The van der Waals surface area contributed by atoms with Crippen LogP contribution in [0.3, 0.4) is 0 Å². The third-order valence-corrected chi connectivity index (χ3v) is 5.74. The van der Waals surface area contributed by atoms with Crippen LogP contribution in [-0.2, 0) is 16.0 Å². The van der Waals surface area contributed by atoms with Crippen molar-refractivity contribution >= 4 is 46.2 Å². The zero-order valence-electron chi connectivity index (χ0n) is 15.6. The molecule has 0 radical (unpaired) electrons. The van der Waals surface area contributed by atoms with Crippen molar-refractivity contribution in [1.29, 1.82) is 0 Å². The highest BCUT2D eigenvalue weighted by Gasteiger charge is 2.38. The predicted octanol–water partition coefficient (Wildman–Crippen LogP) is 3.48. The van der Waals surface area contributed by atoms with E-state index in [1.54, 1.807) is 49.4 Å². The fraction of sp³-hybridized carbons (Fsp3) is 0.190. The Bertz CT molecular complexity index is 959. The molecular formula is C21H19FN2O3S2. The van der Waals surface area contributed by atoms with Gasteiger partial charge in [0.25, 0.3) is 5.91 Å². The molecule has 0 aromatic heterocycles. The molecule has 0 spiro atoms. The second-order valence-corrected chi connectivity index (χ2v) is 8.16. The molecule has 2 aromatic rings. The lowest BCUT2D eigenvalue weighted by molar-refractivity contribution is -0.132. The minimum Gasteiger partial charge on any atom is -0.508 e. The van der Waals surface area contributed by atoms with Gasteiger partial charge in [0, 0.05) is 6.54 Å². The van der Waals surface area contributed by atoms with Crippen molar-refractivity contribution < 1.29 is 19.1 Å². The Hall–Kier alpha value is -2.71. The number of hydrogen-bond donors (Lipinski definition) is 2. The molecule has 0 unspecified atom stereocenters. The van der Waals surface area contributed by atoms with E-state index in [1.807, 2.05) is 0 Å². The summed E-state index contributed by atoms with van der Waals surface area (Å²) in [6.07, 6.45) is 2.23. The number of aromatic hydroxyl groups is 1. The first-order valence-electron chi connectivity index (χ1n) is 8.93. The summed E-state index contributed by atoms with van der Waals surface area (Å²) in [5.74, 6) is -0.810. The number of phenolic OH excluding ortho intramolecular Hbond substituents is 1. The summed E-state index contributed by atoms with van der Waals surface area (Å²) in [5, 5.41) is 12.1. The maximum absolute atomic E-state index is 13.0. The number of rotatable bonds is 6. The highest BCUT2D eigenvalue weighted by Crippen LogP contribution is 2.34.